The molecule has 0 unspecified atom stereocenters. The first-order chi connectivity index (χ1) is 25.8. The molecule has 0 aliphatic heterocycles. The van der Waals surface area contributed by atoms with Gasteiger partial charge >= 0.3 is 0 Å². The highest BCUT2D eigenvalue weighted by Crippen LogP contribution is 2.41. The molecule has 0 atom stereocenters. The van der Waals surface area contributed by atoms with Gasteiger partial charge in [-0.1, -0.05) is 140 Å². The number of nitrogens with zero attached hydrogens (tertiary/aromatic N) is 3. The molecule has 0 aliphatic carbocycles. The standard InChI is InChI=1S/C48H29N3O/c1-2-14-31(15-3-1)40-29-41(50-48(49-40)39-22-12-21-37-36-19-9-11-24-45(36)52-47(37)39)34-26-28-43(35-18-7-6-17-33(34)35)51-42-23-10-8-20-38(42)46-32-16-5-4-13-30(32)25-27-44(46)51/h1-29H. The van der Waals surface area contributed by atoms with Gasteiger partial charge in [-0.15, -0.1) is 0 Å². The third kappa shape index (κ3) is 4.28. The maximum absolute atomic E-state index is 6.47. The topological polar surface area (TPSA) is 43.9 Å². The molecule has 0 amide bonds. The summed E-state index contributed by atoms with van der Waals surface area (Å²) in [6, 6.07) is 61.9. The molecule has 52 heavy (non-hydrogen) atoms. The molecule has 3 heterocycles. The summed E-state index contributed by atoms with van der Waals surface area (Å²) in [5.74, 6) is 0.628. The molecular formula is C48H29N3O. The van der Waals surface area contributed by atoms with Crippen LogP contribution in [0.3, 0.4) is 0 Å². The predicted molar refractivity (Wildman–Crippen MR) is 215 cm³/mol. The van der Waals surface area contributed by atoms with Crippen molar-refractivity contribution in [3.63, 3.8) is 0 Å². The van der Waals surface area contributed by atoms with Gasteiger partial charge in [-0.3, -0.25) is 0 Å². The van der Waals surface area contributed by atoms with Crippen LogP contribution in [0.25, 0.3) is 105 Å². The van der Waals surface area contributed by atoms with Crippen LogP contribution >= 0.6 is 0 Å². The average molecular weight is 664 g/mol. The summed E-state index contributed by atoms with van der Waals surface area (Å²) in [5.41, 5.74) is 9.79. The Morgan fingerprint density at radius 1 is 0.423 bits per heavy atom. The first-order valence-electron chi connectivity index (χ1n) is 17.6. The number of aromatic nitrogens is 3. The third-order valence-corrected chi connectivity index (χ3v) is 10.4. The number of benzene rings is 8. The number of para-hydroxylation sites is 3. The van der Waals surface area contributed by atoms with Crippen molar-refractivity contribution in [2.75, 3.05) is 0 Å². The highest BCUT2D eigenvalue weighted by atomic mass is 16.3. The van der Waals surface area contributed by atoms with Crippen molar-refractivity contribution in [2.24, 2.45) is 0 Å². The summed E-state index contributed by atoms with van der Waals surface area (Å²) < 4.78 is 8.89. The Balaban J connectivity index is 1.17. The molecule has 0 radical (unpaired) electrons. The van der Waals surface area contributed by atoms with Gasteiger partial charge in [0, 0.05) is 38.1 Å². The van der Waals surface area contributed by atoms with E-state index in [1.54, 1.807) is 0 Å². The molecule has 0 saturated carbocycles. The summed E-state index contributed by atoms with van der Waals surface area (Å²) in [6.07, 6.45) is 0. The number of fused-ring (bicyclic) bond motifs is 9. The van der Waals surface area contributed by atoms with Crippen molar-refractivity contribution in [3.05, 3.63) is 176 Å². The summed E-state index contributed by atoms with van der Waals surface area (Å²) in [5, 5.41) is 9.43. The van der Waals surface area contributed by atoms with Crippen LogP contribution in [-0.2, 0) is 0 Å². The fourth-order valence-corrected chi connectivity index (χ4v) is 8.09. The van der Waals surface area contributed by atoms with Gasteiger partial charge in [0.25, 0.3) is 0 Å². The molecule has 0 fully saturated rings. The van der Waals surface area contributed by atoms with Gasteiger partial charge in [0.15, 0.2) is 5.82 Å². The van der Waals surface area contributed by atoms with E-state index >= 15 is 0 Å². The maximum Gasteiger partial charge on any atom is 0.164 e. The van der Waals surface area contributed by atoms with Gasteiger partial charge in [-0.25, -0.2) is 9.97 Å². The molecule has 242 valence electrons. The van der Waals surface area contributed by atoms with Gasteiger partial charge in [0.2, 0.25) is 0 Å². The molecule has 3 aromatic heterocycles. The molecule has 11 rings (SSSR count). The van der Waals surface area contributed by atoms with E-state index in [0.717, 1.165) is 66.5 Å². The lowest BCUT2D eigenvalue weighted by Gasteiger charge is -2.16. The van der Waals surface area contributed by atoms with E-state index < -0.39 is 0 Å². The van der Waals surface area contributed by atoms with Crippen LogP contribution in [0.5, 0.6) is 0 Å². The van der Waals surface area contributed by atoms with E-state index in [-0.39, 0.29) is 0 Å². The van der Waals surface area contributed by atoms with Crippen LogP contribution < -0.4 is 0 Å². The quantitative estimate of drug-likeness (QED) is 0.188. The summed E-state index contributed by atoms with van der Waals surface area (Å²) >= 11 is 0. The Hall–Kier alpha value is -7.04. The van der Waals surface area contributed by atoms with Crippen LogP contribution in [0, 0.1) is 0 Å². The van der Waals surface area contributed by atoms with E-state index in [4.69, 9.17) is 14.4 Å². The van der Waals surface area contributed by atoms with Crippen LogP contribution in [0.15, 0.2) is 180 Å². The van der Waals surface area contributed by atoms with Crippen LogP contribution in [0.1, 0.15) is 0 Å². The average Bonchev–Trinajstić information content (AvgIpc) is 3.77. The van der Waals surface area contributed by atoms with Gasteiger partial charge < -0.3 is 8.98 Å². The number of rotatable bonds is 4. The molecule has 11 aromatic rings. The van der Waals surface area contributed by atoms with E-state index in [2.05, 4.69) is 156 Å². The van der Waals surface area contributed by atoms with Crippen molar-refractivity contribution >= 4 is 65.3 Å². The smallest absolute Gasteiger partial charge is 0.164 e. The minimum atomic E-state index is 0.628. The molecule has 0 N–H and O–H groups in total. The second-order valence-electron chi connectivity index (χ2n) is 13.3. The predicted octanol–water partition coefficient (Wildman–Crippen LogP) is 12.8. The van der Waals surface area contributed by atoms with Crippen molar-refractivity contribution in [3.8, 4) is 39.6 Å². The molecule has 4 heteroatoms. The van der Waals surface area contributed by atoms with E-state index in [0.29, 0.717) is 5.82 Å². The van der Waals surface area contributed by atoms with Gasteiger partial charge in [-0.2, -0.15) is 0 Å². The van der Waals surface area contributed by atoms with Crippen molar-refractivity contribution < 1.29 is 4.42 Å². The van der Waals surface area contributed by atoms with Gasteiger partial charge in [-0.05, 0) is 52.6 Å². The van der Waals surface area contributed by atoms with E-state index in [1.807, 2.05) is 24.3 Å². The molecule has 8 aromatic carbocycles. The minimum absolute atomic E-state index is 0.628. The zero-order chi connectivity index (χ0) is 34.2. The van der Waals surface area contributed by atoms with Crippen LogP contribution in [-0.4, -0.2) is 14.5 Å². The highest BCUT2D eigenvalue weighted by Gasteiger charge is 2.20. The van der Waals surface area contributed by atoms with Crippen LogP contribution in [0.4, 0.5) is 0 Å². The Labute approximate surface area is 298 Å². The number of furan rings is 1. The molecule has 0 saturated heterocycles. The lowest BCUT2D eigenvalue weighted by Crippen LogP contribution is -1.99. The lowest BCUT2D eigenvalue weighted by molar-refractivity contribution is 0.669. The van der Waals surface area contributed by atoms with Gasteiger partial charge in [0.1, 0.15) is 11.2 Å². The largest absolute Gasteiger partial charge is 0.455 e. The fraction of sp³-hybridized carbons (Fsp3) is 0. The number of hydrogen-bond acceptors (Lipinski definition) is 3. The zero-order valence-electron chi connectivity index (χ0n) is 28.0. The highest BCUT2D eigenvalue weighted by molar-refractivity contribution is 6.22. The summed E-state index contributed by atoms with van der Waals surface area (Å²) in [4.78, 5) is 10.5. The summed E-state index contributed by atoms with van der Waals surface area (Å²) in [6.45, 7) is 0. The van der Waals surface area contributed by atoms with E-state index in [9.17, 15) is 0 Å². The van der Waals surface area contributed by atoms with Crippen molar-refractivity contribution in [2.45, 2.75) is 0 Å². The molecular weight excluding hydrogens is 635 g/mol. The van der Waals surface area contributed by atoms with Crippen LogP contribution in [0.2, 0.25) is 0 Å². The monoisotopic (exact) mass is 663 g/mol. The first kappa shape index (κ1) is 28.8. The normalized spacial score (nSPS) is 11.8. The SMILES string of the molecule is c1ccc(-c2cc(-c3ccc(-n4c5ccccc5c5c6ccccc6ccc54)c4ccccc34)nc(-c3cccc4c3oc3ccccc34)n2)cc1. The third-order valence-electron chi connectivity index (χ3n) is 10.4. The maximum atomic E-state index is 6.47. The zero-order valence-corrected chi connectivity index (χ0v) is 28.0. The van der Waals surface area contributed by atoms with Crippen molar-refractivity contribution in [1.82, 2.24) is 14.5 Å². The first-order valence-corrected chi connectivity index (χ1v) is 17.6. The second-order valence-corrected chi connectivity index (χ2v) is 13.3. The second kappa shape index (κ2) is 11.2. The Morgan fingerprint density at radius 2 is 1.12 bits per heavy atom. The van der Waals surface area contributed by atoms with E-state index in [1.165, 1.54) is 32.6 Å². The fourth-order valence-electron chi connectivity index (χ4n) is 8.09. The van der Waals surface area contributed by atoms with Gasteiger partial charge in [0.05, 0.1) is 33.7 Å². The lowest BCUT2D eigenvalue weighted by atomic mass is 9.98. The Morgan fingerprint density at radius 3 is 2.00 bits per heavy atom. The minimum Gasteiger partial charge on any atom is -0.455 e. The molecule has 0 spiro atoms. The number of hydrogen-bond donors (Lipinski definition) is 0. The summed E-state index contributed by atoms with van der Waals surface area (Å²) in [7, 11) is 0. The van der Waals surface area contributed by atoms with Crippen molar-refractivity contribution in [1.29, 1.82) is 0 Å². The molecule has 0 aliphatic rings. The Kier molecular flexibility index (Phi) is 6.22. The Bertz CT molecular complexity index is 3190. The molecule has 4 nitrogen and oxygen atoms in total. The molecule has 0 bridgehead atoms.